The van der Waals surface area contributed by atoms with Crippen LogP contribution < -0.4 is 0 Å². The third-order valence-corrected chi connectivity index (χ3v) is 3.19. The van der Waals surface area contributed by atoms with Crippen LogP contribution in [0.5, 0.6) is 0 Å². The van der Waals surface area contributed by atoms with Crippen molar-refractivity contribution in [1.82, 2.24) is 0 Å². The molecule has 2 aromatic rings. The number of fused-ring (bicyclic) bond motifs is 1. The Morgan fingerprint density at radius 1 is 0.941 bits per heavy atom. The van der Waals surface area contributed by atoms with E-state index in [0.717, 1.165) is 12.8 Å². The quantitative estimate of drug-likeness (QED) is 0.829. The monoisotopic (exact) mass is 230 g/mol. The molecule has 0 aliphatic heterocycles. The molecular weight excluding hydrogens is 212 g/mol. The van der Waals surface area contributed by atoms with Gasteiger partial charge in [-0.15, -0.1) is 0 Å². The Balaban J connectivity index is 2.38. The van der Waals surface area contributed by atoms with Crippen LogP contribution in [0.4, 0.5) is 0 Å². The standard InChI is InChI=1S/C15H18O2/c16-10-4-7-13(11-17)15-9-3-6-12-5-1-2-8-14(12)15/h1-3,5-6,8-9,13,16-17H,4,7,10-11H2/t13-/m0/s1. The Hall–Kier alpha value is -1.38. The highest BCUT2D eigenvalue weighted by atomic mass is 16.3. The van der Waals surface area contributed by atoms with Crippen molar-refractivity contribution in [3.05, 3.63) is 48.0 Å². The molecule has 0 radical (unpaired) electrons. The zero-order valence-electron chi connectivity index (χ0n) is 9.84. The zero-order valence-corrected chi connectivity index (χ0v) is 9.84. The van der Waals surface area contributed by atoms with Gasteiger partial charge < -0.3 is 10.2 Å². The van der Waals surface area contributed by atoms with Gasteiger partial charge in [0.15, 0.2) is 0 Å². The topological polar surface area (TPSA) is 40.5 Å². The lowest BCUT2D eigenvalue weighted by atomic mass is 9.91. The molecule has 0 fully saturated rings. The molecule has 0 aromatic heterocycles. The van der Waals surface area contributed by atoms with Gasteiger partial charge in [0.2, 0.25) is 0 Å². The van der Waals surface area contributed by atoms with Crippen molar-refractivity contribution in [3.8, 4) is 0 Å². The zero-order chi connectivity index (χ0) is 12.1. The Kier molecular flexibility index (Phi) is 4.13. The molecule has 0 heterocycles. The average molecular weight is 230 g/mol. The molecule has 90 valence electrons. The van der Waals surface area contributed by atoms with Gasteiger partial charge in [-0.05, 0) is 29.2 Å². The second kappa shape index (κ2) is 5.80. The fraction of sp³-hybridized carbons (Fsp3) is 0.333. The summed E-state index contributed by atoms with van der Waals surface area (Å²) < 4.78 is 0. The van der Waals surface area contributed by atoms with E-state index in [1.807, 2.05) is 18.2 Å². The lowest BCUT2D eigenvalue weighted by Gasteiger charge is -2.16. The van der Waals surface area contributed by atoms with Crippen molar-refractivity contribution in [2.75, 3.05) is 13.2 Å². The van der Waals surface area contributed by atoms with Crippen molar-refractivity contribution >= 4 is 10.8 Å². The summed E-state index contributed by atoms with van der Waals surface area (Å²) in [7, 11) is 0. The largest absolute Gasteiger partial charge is 0.396 e. The van der Waals surface area contributed by atoms with Gasteiger partial charge in [-0.1, -0.05) is 42.5 Å². The summed E-state index contributed by atoms with van der Waals surface area (Å²) >= 11 is 0. The molecule has 0 aliphatic carbocycles. The lowest BCUT2D eigenvalue weighted by molar-refractivity contribution is 0.237. The van der Waals surface area contributed by atoms with E-state index in [1.54, 1.807) is 0 Å². The van der Waals surface area contributed by atoms with E-state index in [1.165, 1.54) is 16.3 Å². The molecule has 0 unspecified atom stereocenters. The van der Waals surface area contributed by atoms with Gasteiger partial charge in [0.25, 0.3) is 0 Å². The van der Waals surface area contributed by atoms with E-state index in [9.17, 15) is 5.11 Å². The summed E-state index contributed by atoms with van der Waals surface area (Å²) in [5, 5.41) is 20.8. The number of rotatable bonds is 5. The molecule has 0 aliphatic rings. The van der Waals surface area contributed by atoms with E-state index in [-0.39, 0.29) is 19.1 Å². The number of hydrogen-bond donors (Lipinski definition) is 2. The Bertz CT molecular complexity index is 474. The van der Waals surface area contributed by atoms with Gasteiger partial charge in [-0.3, -0.25) is 0 Å². The van der Waals surface area contributed by atoms with Crippen LogP contribution in [0.25, 0.3) is 10.8 Å². The molecule has 0 saturated heterocycles. The first kappa shape index (κ1) is 12.1. The molecule has 0 bridgehead atoms. The van der Waals surface area contributed by atoms with Crippen molar-refractivity contribution < 1.29 is 10.2 Å². The molecule has 0 amide bonds. The first-order valence-electron chi connectivity index (χ1n) is 6.06. The van der Waals surface area contributed by atoms with E-state index < -0.39 is 0 Å². The Labute approximate surface area is 102 Å². The molecule has 2 rings (SSSR count). The first-order valence-corrected chi connectivity index (χ1v) is 6.06. The highest BCUT2D eigenvalue weighted by Gasteiger charge is 2.12. The smallest absolute Gasteiger partial charge is 0.0499 e. The molecular formula is C15H18O2. The highest BCUT2D eigenvalue weighted by Crippen LogP contribution is 2.28. The minimum absolute atomic E-state index is 0.119. The Morgan fingerprint density at radius 3 is 2.47 bits per heavy atom. The van der Waals surface area contributed by atoms with Crippen LogP contribution in [-0.2, 0) is 0 Å². The lowest BCUT2D eigenvalue weighted by Crippen LogP contribution is -2.05. The van der Waals surface area contributed by atoms with Crippen LogP contribution in [0, 0.1) is 0 Å². The second-order valence-corrected chi connectivity index (χ2v) is 4.31. The van der Waals surface area contributed by atoms with Crippen LogP contribution in [-0.4, -0.2) is 23.4 Å². The van der Waals surface area contributed by atoms with E-state index in [0.29, 0.717) is 0 Å². The molecule has 2 nitrogen and oxygen atoms in total. The minimum Gasteiger partial charge on any atom is -0.396 e. The van der Waals surface area contributed by atoms with E-state index in [4.69, 9.17) is 5.11 Å². The van der Waals surface area contributed by atoms with Gasteiger partial charge in [-0.2, -0.15) is 0 Å². The fourth-order valence-corrected chi connectivity index (χ4v) is 2.29. The number of benzene rings is 2. The summed E-state index contributed by atoms with van der Waals surface area (Å²) in [5.74, 6) is 0.119. The minimum atomic E-state index is 0.119. The molecule has 0 spiro atoms. The number of aliphatic hydroxyl groups excluding tert-OH is 2. The van der Waals surface area contributed by atoms with Crippen LogP contribution in [0.1, 0.15) is 24.3 Å². The van der Waals surface area contributed by atoms with Crippen LogP contribution in [0.3, 0.4) is 0 Å². The third kappa shape index (κ3) is 2.65. The summed E-state index contributed by atoms with van der Waals surface area (Å²) in [6, 6.07) is 14.4. The number of aliphatic hydroxyl groups is 2. The van der Waals surface area contributed by atoms with Gasteiger partial charge >= 0.3 is 0 Å². The maximum absolute atomic E-state index is 9.48. The normalized spacial score (nSPS) is 12.8. The summed E-state index contributed by atoms with van der Waals surface area (Å²) in [4.78, 5) is 0. The molecule has 2 heteroatoms. The molecule has 1 atom stereocenters. The molecule has 17 heavy (non-hydrogen) atoms. The van der Waals surface area contributed by atoms with Crippen molar-refractivity contribution in [2.24, 2.45) is 0 Å². The van der Waals surface area contributed by atoms with E-state index in [2.05, 4.69) is 24.3 Å². The van der Waals surface area contributed by atoms with Crippen molar-refractivity contribution in [3.63, 3.8) is 0 Å². The predicted octanol–water partition coefficient (Wildman–Crippen LogP) is 2.69. The van der Waals surface area contributed by atoms with Crippen molar-refractivity contribution in [1.29, 1.82) is 0 Å². The van der Waals surface area contributed by atoms with Gasteiger partial charge in [0.1, 0.15) is 0 Å². The molecule has 2 N–H and O–H groups in total. The second-order valence-electron chi connectivity index (χ2n) is 4.31. The molecule has 2 aromatic carbocycles. The van der Waals surface area contributed by atoms with Crippen molar-refractivity contribution in [2.45, 2.75) is 18.8 Å². The average Bonchev–Trinajstić information content (AvgIpc) is 2.40. The SMILES string of the molecule is OCCC[C@@H](CO)c1cccc2ccccc12. The Morgan fingerprint density at radius 2 is 1.71 bits per heavy atom. The van der Waals surface area contributed by atoms with Gasteiger partial charge in [0, 0.05) is 19.1 Å². The molecule has 0 saturated carbocycles. The third-order valence-electron chi connectivity index (χ3n) is 3.19. The fourth-order valence-electron chi connectivity index (χ4n) is 2.29. The van der Waals surface area contributed by atoms with Gasteiger partial charge in [0.05, 0.1) is 0 Å². The highest BCUT2D eigenvalue weighted by molar-refractivity contribution is 5.86. The van der Waals surface area contributed by atoms with Crippen LogP contribution in [0.15, 0.2) is 42.5 Å². The summed E-state index contributed by atoms with van der Waals surface area (Å²) in [6.45, 7) is 0.315. The summed E-state index contributed by atoms with van der Waals surface area (Å²) in [5.41, 5.74) is 1.18. The first-order chi connectivity index (χ1) is 8.36. The summed E-state index contributed by atoms with van der Waals surface area (Å²) in [6.07, 6.45) is 1.55. The van der Waals surface area contributed by atoms with E-state index >= 15 is 0 Å². The maximum Gasteiger partial charge on any atom is 0.0499 e. The van der Waals surface area contributed by atoms with Crippen LogP contribution in [0.2, 0.25) is 0 Å². The number of hydrogen-bond acceptors (Lipinski definition) is 2. The maximum atomic E-state index is 9.48. The van der Waals surface area contributed by atoms with Gasteiger partial charge in [-0.25, -0.2) is 0 Å². The predicted molar refractivity (Wildman–Crippen MR) is 70.1 cm³/mol. The van der Waals surface area contributed by atoms with Crippen LogP contribution >= 0.6 is 0 Å².